The van der Waals surface area contributed by atoms with E-state index >= 15 is 0 Å². The van der Waals surface area contributed by atoms with E-state index < -0.39 is 0 Å². The lowest BCUT2D eigenvalue weighted by Gasteiger charge is -2.41. The largest absolute Gasteiger partial charge is 0.424 e. The molecule has 0 amide bonds. The maximum absolute atomic E-state index is 9.60. The Morgan fingerprint density at radius 1 is 0.935 bits per heavy atom. The fourth-order valence-corrected chi connectivity index (χ4v) is 4.02. The summed E-state index contributed by atoms with van der Waals surface area (Å²) in [4.78, 5) is 13.2. The van der Waals surface area contributed by atoms with E-state index in [1.54, 1.807) is 18.5 Å². The van der Waals surface area contributed by atoms with Crippen LogP contribution in [0.1, 0.15) is 23.1 Å². The average molecular weight is 419 g/mol. The van der Waals surface area contributed by atoms with Gasteiger partial charge in [0.05, 0.1) is 0 Å². The summed E-state index contributed by atoms with van der Waals surface area (Å²) in [6.45, 7) is 7.15. The lowest BCUT2D eigenvalue weighted by Crippen LogP contribution is -2.52. The van der Waals surface area contributed by atoms with Crippen molar-refractivity contribution in [2.45, 2.75) is 32.5 Å². The predicted octanol–water partition coefficient (Wildman–Crippen LogP) is 3.65. The van der Waals surface area contributed by atoms with Crippen LogP contribution in [0.2, 0.25) is 0 Å². The summed E-state index contributed by atoms with van der Waals surface area (Å²) in [6.07, 6.45) is 4.13. The van der Waals surface area contributed by atoms with Crippen LogP contribution >= 0.6 is 0 Å². The van der Waals surface area contributed by atoms with Crippen LogP contribution in [0.3, 0.4) is 0 Å². The zero-order chi connectivity index (χ0) is 21.5. The highest BCUT2D eigenvalue weighted by Gasteiger charge is 2.26. The zero-order valence-electron chi connectivity index (χ0n) is 18.0. The first-order valence-electron chi connectivity index (χ1n) is 10.9. The molecule has 31 heavy (non-hydrogen) atoms. The van der Waals surface area contributed by atoms with E-state index in [1.807, 2.05) is 12.1 Å². The molecular weight excluding hydrogens is 388 g/mol. The van der Waals surface area contributed by atoms with Gasteiger partial charge in [-0.1, -0.05) is 42.0 Å². The number of rotatable bonds is 8. The van der Waals surface area contributed by atoms with Crippen molar-refractivity contribution in [2.24, 2.45) is 0 Å². The number of hydrogen-bond donors (Lipinski definition) is 1. The SMILES string of the molecule is Cc1ccc(CN2CCN(Cc3ccc(Oc4ncccn4)cc3)C[C@@H]2CCO)cc1. The number of aromatic nitrogens is 2. The van der Waals surface area contributed by atoms with Crippen molar-refractivity contribution in [3.8, 4) is 11.8 Å². The summed E-state index contributed by atoms with van der Waals surface area (Å²) in [5, 5.41) is 9.60. The molecule has 0 aliphatic carbocycles. The second-order valence-corrected chi connectivity index (χ2v) is 8.13. The van der Waals surface area contributed by atoms with Gasteiger partial charge >= 0.3 is 6.01 Å². The van der Waals surface area contributed by atoms with E-state index in [0.29, 0.717) is 12.1 Å². The molecule has 1 N–H and O–H groups in total. The van der Waals surface area contributed by atoms with E-state index in [1.165, 1.54) is 16.7 Å². The van der Waals surface area contributed by atoms with Gasteiger partial charge in [0.1, 0.15) is 5.75 Å². The monoisotopic (exact) mass is 418 g/mol. The van der Waals surface area contributed by atoms with Crippen LogP contribution in [0.4, 0.5) is 0 Å². The second-order valence-electron chi connectivity index (χ2n) is 8.13. The van der Waals surface area contributed by atoms with Gasteiger partial charge in [-0.25, -0.2) is 9.97 Å². The number of piperazine rings is 1. The minimum Gasteiger partial charge on any atom is -0.424 e. The van der Waals surface area contributed by atoms with Gasteiger partial charge in [-0.3, -0.25) is 9.80 Å². The molecule has 0 saturated carbocycles. The van der Waals surface area contributed by atoms with Crippen LogP contribution in [-0.2, 0) is 13.1 Å². The number of nitrogens with zero attached hydrogens (tertiary/aromatic N) is 4. The molecule has 0 bridgehead atoms. The van der Waals surface area contributed by atoms with E-state index in [4.69, 9.17) is 4.74 Å². The summed E-state index contributed by atoms with van der Waals surface area (Å²) in [5.74, 6) is 0.732. The molecule has 1 aliphatic heterocycles. The summed E-state index contributed by atoms with van der Waals surface area (Å²) < 4.78 is 5.68. The van der Waals surface area contributed by atoms with E-state index in [9.17, 15) is 5.11 Å². The minimum absolute atomic E-state index is 0.219. The molecule has 1 aliphatic rings. The first-order chi connectivity index (χ1) is 15.2. The molecule has 2 heterocycles. The molecule has 0 unspecified atom stereocenters. The van der Waals surface area contributed by atoms with Crippen molar-refractivity contribution < 1.29 is 9.84 Å². The Kier molecular flexibility index (Phi) is 7.25. The molecule has 1 saturated heterocycles. The number of aliphatic hydroxyl groups excluding tert-OH is 1. The Morgan fingerprint density at radius 3 is 2.32 bits per heavy atom. The summed E-state index contributed by atoms with van der Waals surface area (Å²) in [7, 11) is 0. The van der Waals surface area contributed by atoms with Crippen molar-refractivity contribution in [2.75, 3.05) is 26.2 Å². The number of hydrogen-bond acceptors (Lipinski definition) is 6. The van der Waals surface area contributed by atoms with Crippen LogP contribution in [0.5, 0.6) is 11.8 Å². The van der Waals surface area contributed by atoms with Crippen molar-refractivity contribution >= 4 is 0 Å². The molecule has 1 aromatic heterocycles. The number of aliphatic hydroxyl groups is 1. The molecule has 1 fully saturated rings. The topological polar surface area (TPSA) is 61.7 Å². The van der Waals surface area contributed by atoms with Crippen molar-refractivity contribution in [3.05, 3.63) is 83.7 Å². The first-order valence-corrected chi connectivity index (χ1v) is 10.9. The van der Waals surface area contributed by atoms with Gasteiger partial charge < -0.3 is 9.84 Å². The molecule has 6 nitrogen and oxygen atoms in total. The zero-order valence-corrected chi connectivity index (χ0v) is 18.0. The van der Waals surface area contributed by atoms with Crippen molar-refractivity contribution in [1.29, 1.82) is 0 Å². The van der Waals surface area contributed by atoms with Crippen LogP contribution in [0.15, 0.2) is 67.0 Å². The summed E-state index contributed by atoms with van der Waals surface area (Å²) in [6, 6.07) is 19.4. The third kappa shape index (κ3) is 6.10. The lowest BCUT2D eigenvalue weighted by molar-refractivity contribution is 0.0500. The molecule has 0 spiro atoms. The molecule has 2 aromatic carbocycles. The van der Waals surface area contributed by atoms with Crippen LogP contribution in [0, 0.1) is 6.92 Å². The third-order valence-corrected chi connectivity index (χ3v) is 5.74. The van der Waals surface area contributed by atoms with E-state index in [-0.39, 0.29) is 6.61 Å². The fraction of sp³-hybridized carbons (Fsp3) is 0.360. The number of aryl methyl sites for hydroxylation is 1. The molecule has 4 rings (SSSR count). The van der Waals surface area contributed by atoms with Crippen LogP contribution in [0.25, 0.3) is 0 Å². The second kappa shape index (κ2) is 10.5. The fourth-order valence-electron chi connectivity index (χ4n) is 4.02. The highest BCUT2D eigenvalue weighted by Crippen LogP contribution is 2.21. The number of ether oxygens (including phenoxy) is 1. The standard InChI is InChI=1S/C25H30N4O2/c1-20-3-5-22(6-4-20)18-29-15-14-28(19-23(29)11-16-30)17-21-7-9-24(10-8-21)31-25-26-12-2-13-27-25/h2-10,12-13,23,30H,11,14-19H2,1H3/t23-/m0/s1. The molecule has 6 heteroatoms. The molecule has 0 radical (unpaired) electrons. The van der Waals surface area contributed by atoms with Gasteiger partial charge in [-0.15, -0.1) is 0 Å². The van der Waals surface area contributed by atoms with Crippen molar-refractivity contribution in [1.82, 2.24) is 19.8 Å². The Labute approximate surface area is 184 Å². The van der Waals surface area contributed by atoms with E-state index in [2.05, 4.69) is 63.1 Å². The molecule has 162 valence electrons. The van der Waals surface area contributed by atoms with Crippen LogP contribution in [-0.4, -0.2) is 57.2 Å². The van der Waals surface area contributed by atoms with Gasteiger partial charge in [0, 0.05) is 57.8 Å². The maximum atomic E-state index is 9.60. The Morgan fingerprint density at radius 2 is 1.61 bits per heavy atom. The highest BCUT2D eigenvalue weighted by atomic mass is 16.5. The maximum Gasteiger partial charge on any atom is 0.321 e. The summed E-state index contributed by atoms with van der Waals surface area (Å²) >= 11 is 0. The Balaban J connectivity index is 1.33. The predicted molar refractivity (Wildman–Crippen MR) is 121 cm³/mol. The minimum atomic E-state index is 0.219. The highest BCUT2D eigenvalue weighted by molar-refractivity contribution is 5.29. The van der Waals surface area contributed by atoms with Crippen molar-refractivity contribution in [3.63, 3.8) is 0 Å². The Bertz CT molecular complexity index is 932. The van der Waals surface area contributed by atoms with Gasteiger partial charge in [0.15, 0.2) is 0 Å². The first kappa shape index (κ1) is 21.4. The summed E-state index contributed by atoms with van der Waals surface area (Å²) in [5.41, 5.74) is 3.87. The van der Waals surface area contributed by atoms with Crippen LogP contribution < -0.4 is 4.74 Å². The lowest BCUT2D eigenvalue weighted by atomic mass is 10.1. The quantitative estimate of drug-likeness (QED) is 0.603. The molecule has 3 aromatic rings. The van der Waals surface area contributed by atoms with Gasteiger partial charge in [0.2, 0.25) is 0 Å². The average Bonchev–Trinajstić information content (AvgIpc) is 2.79. The Hall–Kier alpha value is -2.80. The van der Waals surface area contributed by atoms with Gasteiger partial charge in [-0.05, 0) is 42.7 Å². The van der Waals surface area contributed by atoms with E-state index in [0.717, 1.165) is 44.9 Å². The van der Waals surface area contributed by atoms with Gasteiger partial charge in [-0.2, -0.15) is 0 Å². The molecular formula is C25H30N4O2. The normalized spacial score (nSPS) is 17.5. The van der Waals surface area contributed by atoms with Gasteiger partial charge in [0.25, 0.3) is 0 Å². The smallest absolute Gasteiger partial charge is 0.321 e. The third-order valence-electron chi connectivity index (χ3n) is 5.74. The molecule has 1 atom stereocenters. The number of benzene rings is 2.